The zero-order valence-electron chi connectivity index (χ0n) is 12.7. The molecule has 118 valence electrons. The van der Waals surface area contributed by atoms with Crippen molar-refractivity contribution in [1.82, 2.24) is 5.32 Å². The van der Waals surface area contributed by atoms with Crippen molar-refractivity contribution in [2.45, 2.75) is 44.8 Å². The summed E-state index contributed by atoms with van der Waals surface area (Å²) in [5.74, 6) is -0.229. The largest absolute Gasteiger partial charge is 0.393 e. The Morgan fingerprint density at radius 3 is 2.36 bits per heavy atom. The van der Waals surface area contributed by atoms with E-state index < -0.39 is 0 Å². The minimum absolute atomic E-state index is 0.111. The lowest BCUT2D eigenvalue weighted by Crippen LogP contribution is -2.37. The van der Waals surface area contributed by atoms with Crippen molar-refractivity contribution in [2.75, 3.05) is 5.32 Å². The summed E-state index contributed by atoms with van der Waals surface area (Å²) in [5.41, 5.74) is 1.62. The Kier molecular flexibility index (Phi) is 5.72. The van der Waals surface area contributed by atoms with Crippen LogP contribution < -0.4 is 10.6 Å². The molecule has 1 aliphatic carbocycles. The van der Waals surface area contributed by atoms with Gasteiger partial charge in [0.1, 0.15) is 0 Å². The van der Waals surface area contributed by atoms with Crippen molar-refractivity contribution in [1.29, 1.82) is 0 Å². The SMILES string of the molecule is CC(=O)Nc1ccc(C=CC(=O)NC2CCC(O)CC2)cc1. The summed E-state index contributed by atoms with van der Waals surface area (Å²) in [7, 11) is 0. The normalized spacial score (nSPS) is 21.5. The highest BCUT2D eigenvalue weighted by Gasteiger charge is 2.19. The van der Waals surface area contributed by atoms with Crippen LogP contribution >= 0.6 is 0 Å². The van der Waals surface area contributed by atoms with Crippen molar-refractivity contribution < 1.29 is 14.7 Å². The molecule has 3 N–H and O–H groups in total. The highest BCUT2D eigenvalue weighted by Crippen LogP contribution is 2.18. The van der Waals surface area contributed by atoms with Crippen LogP contribution in [0.2, 0.25) is 0 Å². The van der Waals surface area contributed by atoms with Gasteiger partial charge in [-0.05, 0) is 49.5 Å². The number of anilines is 1. The highest BCUT2D eigenvalue weighted by atomic mass is 16.3. The first-order chi connectivity index (χ1) is 10.5. The van der Waals surface area contributed by atoms with Crippen LogP contribution in [0.5, 0.6) is 0 Å². The second-order valence-corrected chi connectivity index (χ2v) is 5.65. The topological polar surface area (TPSA) is 78.4 Å². The van der Waals surface area contributed by atoms with Gasteiger partial charge in [0.2, 0.25) is 11.8 Å². The fraction of sp³-hybridized carbons (Fsp3) is 0.412. The molecular formula is C17H22N2O3. The van der Waals surface area contributed by atoms with Gasteiger partial charge in [0.15, 0.2) is 0 Å². The predicted octanol–water partition coefficient (Wildman–Crippen LogP) is 2.08. The highest BCUT2D eigenvalue weighted by molar-refractivity contribution is 5.92. The molecule has 0 saturated heterocycles. The molecule has 0 aliphatic heterocycles. The number of carbonyl (C=O) groups excluding carboxylic acids is 2. The lowest BCUT2D eigenvalue weighted by atomic mass is 9.93. The Hall–Kier alpha value is -2.14. The first kappa shape index (κ1) is 16.2. The fourth-order valence-electron chi connectivity index (χ4n) is 2.52. The van der Waals surface area contributed by atoms with E-state index in [0.717, 1.165) is 36.9 Å². The molecule has 1 aliphatic rings. The first-order valence-corrected chi connectivity index (χ1v) is 7.57. The van der Waals surface area contributed by atoms with Gasteiger partial charge >= 0.3 is 0 Å². The van der Waals surface area contributed by atoms with Crippen molar-refractivity contribution in [3.63, 3.8) is 0 Å². The van der Waals surface area contributed by atoms with Gasteiger partial charge in [0.05, 0.1) is 6.10 Å². The van der Waals surface area contributed by atoms with Crippen LogP contribution in [-0.4, -0.2) is 29.1 Å². The van der Waals surface area contributed by atoms with E-state index in [0.29, 0.717) is 0 Å². The predicted molar refractivity (Wildman–Crippen MR) is 86.2 cm³/mol. The number of benzene rings is 1. The van der Waals surface area contributed by atoms with Crippen LogP contribution in [0.3, 0.4) is 0 Å². The lowest BCUT2D eigenvalue weighted by Gasteiger charge is -2.25. The summed E-state index contributed by atoms with van der Waals surface area (Å²) >= 11 is 0. The maximum absolute atomic E-state index is 11.9. The van der Waals surface area contributed by atoms with E-state index in [4.69, 9.17) is 0 Å². The summed E-state index contributed by atoms with van der Waals surface area (Å²) in [6.45, 7) is 1.46. The summed E-state index contributed by atoms with van der Waals surface area (Å²) in [4.78, 5) is 22.8. The monoisotopic (exact) mass is 302 g/mol. The van der Waals surface area contributed by atoms with Crippen LogP contribution in [0.25, 0.3) is 6.08 Å². The molecule has 1 fully saturated rings. The molecule has 0 heterocycles. The Labute approximate surface area is 130 Å². The van der Waals surface area contributed by atoms with Gasteiger partial charge in [0, 0.05) is 24.7 Å². The molecule has 1 aromatic carbocycles. The number of carbonyl (C=O) groups is 2. The molecule has 2 rings (SSSR count). The standard InChI is InChI=1S/C17H22N2O3/c1-12(20)18-14-5-2-13(3-6-14)4-11-17(22)19-15-7-9-16(21)10-8-15/h2-6,11,15-16,21H,7-10H2,1H3,(H,18,20)(H,19,22). The van der Waals surface area contributed by atoms with Crippen molar-refractivity contribution in [2.24, 2.45) is 0 Å². The van der Waals surface area contributed by atoms with Crippen molar-refractivity contribution >= 4 is 23.6 Å². The third-order valence-corrected chi connectivity index (χ3v) is 3.70. The van der Waals surface area contributed by atoms with E-state index in [9.17, 15) is 14.7 Å². The van der Waals surface area contributed by atoms with Crippen LogP contribution in [-0.2, 0) is 9.59 Å². The molecule has 5 nitrogen and oxygen atoms in total. The molecule has 0 unspecified atom stereocenters. The third kappa shape index (κ3) is 5.33. The number of hydrogen-bond donors (Lipinski definition) is 3. The average Bonchev–Trinajstić information content (AvgIpc) is 2.48. The van der Waals surface area contributed by atoms with E-state index in [1.54, 1.807) is 18.2 Å². The summed E-state index contributed by atoms with van der Waals surface area (Å²) in [6.07, 6.45) is 6.19. The van der Waals surface area contributed by atoms with Gasteiger partial charge in [-0.2, -0.15) is 0 Å². The fourth-order valence-corrected chi connectivity index (χ4v) is 2.52. The van der Waals surface area contributed by atoms with Crippen LogP contribution in [0, 0.1) is 0 Å². The second kappa shape index (κ2) is 7.75. The summed E-state index contributed by atoms with van der Waals surface area (Å²) in [6, 6.07) is 7.42. The second-order valence-electron chi connectivity index (χ2n) is 5.65. The average molecular weight is 302 g/mol. The van der Waals surface area contributed by atoms with E-state index in [1.165, 1.54) is 13.0 Å². The molecule has 22 heavy (non-hydrogen) atoms. The Morgan fingerprint density at radius 1 is 1.14 bits per heavy atom. The molecule has 1 saturated carbocycles. The number of amides is 2. The van der Waals surface area contributed by atoms with Crippen LogP contribution in [0.1, 0.15) is 38.2 Å². The van der Waals surface area contributed by atoms with Crippen LogP contribution in [0.15, 0.2) is 30.3 Å². The van der Waals surface area contributed by atoms with Crippen molar-refractivity contribution in [3.8, 4) is 0 Å². The Morgan fingerprint density at radius 2 is 1.77 bits per heavy atom. The zero-order chi connectivity index (χ0) is 15.9. The molecule has 5 heteroatoms. The van der Waals surface area contributed by atoms with Gasteiger partial charge in [-0.25, -0.2) is 0 Å². The number of hydrogen-bond acceptors (Lipinski definition) is 3. The Bertz CT molecular complexity index is 544. The number of nitrogens with one attached hydrogen (secondary N) is 2. The molecule has 1 aromatic rings. The lowest BCUT2D eigenvalue weighted by molar-refractivity contribution is -0.117. The maximum Gasteiger partial charge on any atom is 0.244 e. The molecular weight excluding hydrogens is 280 g/mol. The number of aliphatic hydroxyl groups excluding tert-OH is 1. The van der Waals surface area contributed by atoms with E-state index >= 15 is 0 Å². The van der Waals surface area contributed by atoms with Gasteiger partial charge in [-0.3, -0.25) is 9.59 Å². The molecule has 0 radical (unpaired) electrons. The molecule has 0 aromatic heterocycles. The van der Waals surface area contributed by atoms with Crippen LogP contribution in [0.4, 0.5) is 5.69 Å². The quantitative estimate of drug-likeness (QED) is 0.745. The van der Waals surface area contributed by atoms with E-state index in [1.807, 2.05) is 12.1 Å². The number of rotatable bonds is 4. The minimum atomic E-state index is -0.217. The van der Waals surface area contributed by atoms with E-state index in [2.05, 4.69) is 10.6 Å². The third-order valence-electron chi connectivity index (χ3n) is 3.70. The molecule has 0 bridgehead atoms. The molecule has 2 amide bonds. The van der Waals surface area contributed by atoms with E-state index in [-0.39, 0.29) is 24.0 Å². The Balaban J connectivity index is 1.83. The van der Waals surface area contributed by atoms with Gasteiger partial charge < -0.3 is 15.7 Å². The summed E-state index contributed by atoms with van der Waals surface area (Å²) in [5, 5.41) is 15.1. The first-order valence-electron chi connectivity index (χ1n) is 7.57. The van der Waals surface area contributed by atoms with Gasteiger partial charge in [-0.1, -0.05) is 12.1 Å². The maximum atomic E-state index is 11.9. The smallest absolute Gasteiger partial charge is 0.244 e. The zero-order valence-corrected chi connectivity index (χ0v) is 12.7. The molecule has 0 atom stereocenters. The van der Waals surface area contributed by atoms with Gasteiger partial charge in [0.25, 0.3) is 0 Å². The van der Waals surface area contributed by atoms with Crippen molar-refractivity contribution in [3.05, 3.63) is 35.9 Å². The molecule has 0 spiro atoms. The van der Waals surface area contributed by atoms with Gasteiger partial charge in [-0.15, -0.1) is 0 Å². The minimum Gasteiger partial charge on any atom is -0.393 e. The summed E-state index contributed by atoms with van der Waals surface area (Å²) < 4.78 is 0. The number of aliphatic hydroxyl groups is 1.